The third-order valence-corrected chi connectivity index (χ3v) is 3.64. The molecule has 1 unspecified atom stereocenters. The molecule has 1 aliphatic heterocycles. The Kier molecular flexibility index (Phi) is 3.06. The van der Waals surface area contributed by atoms with E-state index in [4.69, 9.17) is 20.9 Å². The lowest BCUT2D eigenvalue weighted by molar-refractivity contribution is 0.192. The molecule has 3 rings (SSSR count). The van der Waals surface area contributed by atoms with Crippen LogP contribution in [-0.2, 0) is 4.74 Å². The van der Waals surface area contributed by atoms with Crippen LogP contribution in [0.1, 0.15) is 23.7 Å². The van der Waals surface area contributed by atoms with Crippen molar-refractivity contribution >= 4 is 11.6 Å². The first kappa shape index (κ1) is 11.7. The van der Waals surface area contributed by atoms with Crippen LogP contribution in [0.5, 0.6) is 0 Å². The third-order valence-electron chi connectivity index (χ3n) is 3.23. The van der Waals surface area contributed by atoms with Crippen LogP contribution in [0.15, 0.2) is 22.7 Å². The zero-order valence-electron chi connectivity index (χ0n) is 10.0. The number of hydrogen-bond donors (Lipinski definition) is 0. The van der Waals surface area contributed by atoms with Gasteiger partial charge in [0.25, 0.3) is 5.89 Å². The van der Waals surface area contributed by atoms with Gasteiger partial charge >= 0.3 is 0 Å². The van der Waals surface area contributed by atoms with Gasteiger partial charge in [-0.2, -0.15) is 4.98 Å². The van der Waals surface area contributed by atoms with E-state index in [-0.39, 0.29) is 5.92 Å². The topological polar surface area (TPSA) is 48.2 Å². The summed E-state index contributed by atoms with van der Waals surface area (Å²) >= 11 is 6.09. The molecule has 1 saturated heterocycles. The zero-order chi connectivity index (χ0) is 12.5. The van der Waals surface area contributed by atoms with Crippen molar-refractivity contribution in [1.29, 1.82) is 0 Å². The summed E-state index contributed by atoms with van der Waals surface area (Å²) < 4.78 is 10.7. The summed E-state index contributed by atoms with van der Waals surface area (Å²) in [4.78, 5) is 4.45. The van der Waals surface area contributed by atoms with Crippen LogP contribution in [0.4, 0.5) is 0 Å². The van der Waals surface area contributed by atoms with E-state index in [0.717, 1.165) is 30.0 Å². The molecule has 0 N–H and O–H groups in total. The fraction of sp³-hybridized carbons (Fsp3) is 0.385. The van der Waals surface area contributed by atoms with E-state index in [1.165, 1.54) is 0 Å². The number of nitrogens with zero attached hydrogens (tertiary/aromatic N) is 2. The van der Waals surface area contributed by atoms with Gasteiger partial charge in [-0.25, -0.2) is 0 Å². The SMILES string of the molecule is Cc1c(Cl)cccc1-c1nc(C2CCOC2)no1. The summed E-state index contributed by atoms with van der Waals surface area (Å²) in [7, 11) is 0. The summed E-state index contributed by atoms with van der Waals surface area (Å²) in [5, 5.41) is 4.74. The lowest BCUT2D eigenvalue weighted by Gasteiger charge is -2.02. The molecule has 1 fully saturated rings. The Morgan fingerprint density at radius 2 is 2.28 bits per heavy atom. The normalized spacial score (nSPS) is 19.3. The molecule has 4 nitrogen and oxygen atoms in total. The Morgan fingerprint density at radius 1 is 1.39 bits per heavy atom. The van der Waals surface area contributed by atoms with Crippen LogP contribution in [0.2, 0.25) is 5.02 Å². The molecular weight excluding hydrogens is 252 g/mol. The smallest absolute Gasteiger partial charge is 0.258 e. The van der Waals surface area contributed by atoms with E-state index in [0.29, 0.717) is 17.5 Å². The molecule has 0 spiro atoms. The molecule has 0 aliphatic carbocycles. The Hall–Kier alpha value is -1.39. The first-order chi connectivity index (χ1) is 8.75. The fourth-order valence-electron chi connectivity index (χ4n) is 2.09. The van der Waals surface area contributed by atoms with Crippen molar-refractivity contribution < 1.29 is 9.26 Å². The van der Waals surface area contributed by atoms with Crippen molar-refractivity contribution in [3.8, 4) is 11.5 Å². The molecule has 1 atom stereocenters. The van der Waals surface area contributed by atoms with Gasteiger partial charge in [0.05, 0.1) is 6.61 Å². The van der Waals surface area contributed by atoms with E-state index < -0.39 is 0 Å². The predicted octanol–water partition coefficient (Wildman–Crippen LogP) is 3.20. The molecule has 18 heavy (non-hydrogen) atoms. The van der Waals surface area contributed by atoms with Crippen molar-refractivity contribution in [3.63, 3.8) is 0 Å². The first-order valence-electron chi connectivity index (χ1n) is 5.92. The second-order valence-electron chi connectivity index (χ2n) is 4.43. The van der Waals surface area contributed by atoms with Crippen LogP contribution in [0.25, 0.3) is 11.5 Å². The largest absolute Gasteiger partial charge is 0.381 e. The number of ether oxygens (including phenoxy) is 1. The average Bonchev–Trinajstić information content (AvgIpc) is 3.01. The quantitative estimate of drug-likeness (QED) is 0.836. The van der Waals surface area contributed by atoms with E-state index in [9.17, 15) is 0 Å². The minimum atomic E-state index is 0.252. The van der Waals surface area contributed by atoms with E-state index >= 15 is 0 Å². The third kappa shape index (κ3) is 2.02. The molecule has 0 radical (unpaired) electrons. The second kappa shape index (κ2) is 4.71. The van der Waals surface area contributed by atoms with Gasteiger partial charge in [0.15, 0.2) is 5.82 Å². The molecule has 0 amide bonds. The number of benzene rings is 1. The van der Waals surface area contributed by atoms with Gasteiger partial charge in [-0.1, -0.05) is 22.8 Å². The molecular formula is C13H13ClN2O2. The van der Waals surface area contributed by atoms with Gasteiger partial charge in [-0.15, -0.1) is 0 Å². The van der Waals surface area contributed by atoms with Gasteiger partial charge in [0.2, 0.25) is 0 Å². The number of rotatable bonds is 2. The van der Waals surface area contributed by atoms with Crippen molar-refractivity contribution in [2.75, 3.05) is 13.2 Å². The molecule has 2 aromatic rings. The highest BCUT2D eigenvalue weighted by molar-refractivity contribution is 6.31. The van der Waals surface area contributed by atoms with Crippen molar-refractivity contribution in [3.05, 3.63) is 34.6 Å². The van der Waals surface area contributed by atoms with Gasteiger partial charge in [-0.3, -0.25) is 0 Å². The Balaban J connectivity index is 1.95. The van der Waals surface area contributed by atoms with Crippen molar-refractivity contribution in [2.45, 2.75) is 19.3 Å². The molecule has 0 bridgehead atoms. The highest BCUT2D eigenvalue weighted by Gasteiger charge is 2.23. The van der Waals surface area contributed by atoms with Crippen LogP contribution < -0.4 is 0 Å². The van der Waals surface area contributed by atoms with Gasteiger partial charge in [0, 0.05) is 23.1 Å². The molecule has 2 heterocycles. The standard InChI is InChI=1S/C13H13ClN2O2/c1-8-10(3-2-4-11(8)14)13-15-12(16-18-13)9-5-6-17-7-9/h2-4,9H,5-7H2,1H3. The van der Waals surface area contributed by atoms with Crippen molar-refractivity contribution in [1.82, 2.24) is 10.1 Å². The van der Waals surface area contributed by atoms with Gasteiger partial charge in [-0.05, 0) is 31.0 Å². The lowest BCUT2D eigenvalue weighted by Crippen LogP contribution is -1.99. The summed E-state index contributed by atoms with van der Waals surface area (Å²) in [6.07, 6.45) is 0.952. The Labute approximate surface area is 110 Å². The lowest BCUT2D eigenvalue weighted by atomic mass is 10.1. The summed E-state index contributed by atoms with van der Waals surface area (Å²) in [5.74, 6) is 1.50. The first-order valence-corrected chi connectivity index (χ1v) is 6.30. The molecule has 1 aromatic carbocycles. The highest BCUT2D eigenvalue weighted by atomic mass is 35.5. The second-order valence-corrected chi connectivity index (χ2v) is 4.84. The van der Waals surface area contributed by atoms with Crippen LogP contribution in [0.3, 0.4) is 0 Å². The Bertz CT molecular complexity index is 562. The Morgan fingerprint density at radius 3 is 3.06 bits per heavy atom. The van der Waals surface area contributed by atoms with Crippen LogP contribution in [-0.4, -0.2) is 23.4 Å². The predicted molar refractivity (Wildman–Crippen MR) is 67.7 cm³/mol. The minimum Gasteiger partial charge on any atom is -0.381 e. The van der Waals surface area contributed by atoms with E-state index in [1.807, 2.05) is 25.1 Å². The number of halogens is 1. The molecule has 94 valence electrons. The minimum absolute atomic E-state index is 0.252. The van der Waals surface area contributed by atoms with Gasteiger partial charge in [0.1, 0.15) is 0 Å². The molecule has 5 heteroatoms. The number of hydrogen-bond acceptors (Lipinski definition) is 4. The van der Waals surface area contributed by atoms with Gasteiger partial charge < -0.3 is 9.26 Å². The molecule has 0 saturated carbocycles. The zero-order valence-corrected chi connectivity index (χ0v) is 10.8. The molecule has 1 aromatic heterocycles. The van der Waals surface area contributed by atoms with E-state index in [2.05, 4.69) is 10.1 Å². The number of aromatic nitrogens is 2. The highest BCUT2D eigenvalue weighted by Crippen LogP contribution is 2.29. The summed E-state index contributed by atoms with van der Waals surface area (Å²) in [6.45, 7) is 3.39. The summed E-state index contributed by atoms with van der Waals surface area (Å²) in [5.41, 5.74) is 1.84. The van der Waals surface area contributed by atoms with Crippen LogP contribution in [0, 0.1) is 6.92 Å². The van der Waals surface area contributed by atoms with E-state index in [1.54, 1.807) is 0 Å². The maximum Gasteiger partial charge on any atom is 0.258 e. The summed E-state index contributed by atoms with van der Waals surface area (Å²) in [6, 6.07) is 5.67. The van der Waals surface area contributed by atoms with Crippen LogP contribution >= 0.6 is 11.6 Å². The maximum atomic E-state index is 6.09. The average molecular weight is 265 g/mol. The maximum absolute atomic E-state index is 6.09. The fourth-order valence-corrected chi connectivity index (χ4v) is 2.26. The van der Waals surface area contributed by atoms with Crippen molar-refractivity contribution in [2.24, 2.45) is 0 Å². The monoisotopic (exact) mass is 264 g/mol. The molecule has 1 aliphatic rings.